The van der Waals surface area contributed by atoms with Gasteiger partial charge in [-0.2, -0.15) is 0 Å². The number of tetrazole rings is 1. The molecule has 2 N–H and O–H groups in total. The maximum absolute atomic E-state index is 6.17. The molecule has 0 fully saturated rings. The van der Waals surface area contributed by atoms with E-state index in [0.29, 0.717) is 22.5 Å². The third-order valence-corrected chi connectivity index (χ3v) is 3.00. The normalized spacial score (nSPS) is 11.1. The molecule has 96 valence electrons. The van der Waals surface area contributed by atoms with Crippen molar-refractivity contribution in [3.8, 4) is 11.4 Å². The average Bonchev–Trinajstić information content (AvgIpc) is 2.74. The molecule has 0 amide bonds. The van der Waals surface area contributed by atoms with Gasteiger partial charge >= 0.3 is 0 Å². The summed E-state index contributed by atoms with van der Waals surface area (Å²) in [7, 11) is 0. The Morgan fingerprint density at radius 2 is 2.17 bits per heavy atom. The second kappa shape index (κ2) is 5.35. The molecular weight excluding hydrogens is 250 g/mol. The summed E-state index contributed by atoms with van der Waals surface area (Å²) < 4.78 is 1.78. The molecule has 5 nitrogen and oxygen atoms in total. The molecule has 0 aliphatic rings. The zero-order valence-corrected chi connectivity index (χ0v) is 11.2. The molecule has 0 aliphatic carbocycles. The number of hydrogen-bond donors (Lipinski definition) is 1. The quantitative estimate of drug-likeness (QED) is 0.863. The third-order valence-electron chi connectivity index (χ3n) is 2.68. The monoisotopic (exact) mass is 265 g/mol. The first-order valence-electron chi connectivity index (χ1n) is 5.89. The topological polar surface area (TPSA) is 69.6 Å². The molecular formula is C12H16ClN5. The van der Waals surface area contributed by atoms with Gasteiger partial charge in [0, 0.05) is 17.8 Å². The van der Waals surface area contributed by atoms with Crippen LogP contribution in [-0.2, 0) is 6.54 Å². The van der Waals surface area contributed by atoms with Crippen LogP contribution in [0.15, 0.2) is 18.2 Å². The molecule has 1 aromatic carbocycles. The van der Waals surface area contributed by atoms with Gasteiger partial charge < -0.3 is 5.73 Å². The Hall–Kier alpha value is -1.62. The smallest absolute Gasteiger partial charge is 0.183 e. The first-order valence-corrected chi connectivity index (χ1v) is 6.27. The van der Waals surface area contributed by atoms with Crippen molar-refractivity contribution in [2.45, 2.75) is 26.8 Å². The molecule has 1 heterocycles. The lowest BCUT2D eigenvalue weighted by atomic mass is 10.1. The number of benzene rings is 1. The molecule has 0 aliphatic heterocycles. The van der Waals surface area contributed by atoms with Gasteiger partial charge in [0.05, 0.1) is 5.02 Å². The van der Waals surface area contributed by atoms with Gasteiger partial charge in [-0.05, 0) is 41.0 Å². The Bertz CT molecular complexity index is 535. The van der Waals surface area contributed by atoms with Gasteiger partial charge in [0.25, 0.3) is 0 Å². The number of halogens is 1. The number of nitrogens with zero attached hydrogens (tertiary/aromatic N) is 4. The molecule has 1 aromatic heterocycles. The van der Waals surface area contributed by atoms with Crippen LogP contribution in [0.2, 0.25) is 5.02 Å². The van der Waals surface area contributed by atoms with E-state index in [1.165, 1.54) is 0 Å². The predicted octanol–water partition coefficient (Wildman–Crippen LogP) is 2.62. The lowest BCUT2D eigenvalue weighted by molar-refractivity contribution is 0.481. The summed E-state index contributed by atoms with van der Waals surface area (Å²) in [6.45, 7) is 5.11. The van der Waals surface area contributed by atoms with E-state index in [1.807, 2.05) is 6.07 Å². The summed E-state index contributed by atoms with van der Waals surface area (Å²) in [6.07, 6.45) is 1.02. The van der Waals surface area contributed by atoms with E-state index in [0.717, 1.165) is 18.5 Å². The fraction of sp³-hybridized carbons (Fsp3) is 0.417. The Morgan fingerprint density at radius 1 is 1.39 bits per heavy atom. The van der Waals surface area contributed by atoms with E-state index in [9.17, 15) is 0 Å². The van der Waals surface area contributed by atoms with Crippen molar-refractivity contribution in [2.75, 3.05) is 5.73 Å². The number of nitrogens with two attached hydrogens (primary N) is 1. The molecule has 0 spiro atoms. The fourth-order valence-corrected chi connectivity index (χ4v) is 1.91. The SMILES string of the molecule is CC(C)CCn1nnnc1-c1ccc(N)cc1Cl. The Balaban J connectivity index is 2.30. The maximum Gasteiger partial charge on any atom is 0.183 e. The summed E-state index contributed by atoms with van der Waals surface area (Å²) in [6, 6.07) is 5.34. The van der Waals surface area contributed by atoms with E-state index in [1.54, 1.807) is 16.8 Å². The van der Waals surface area contributed by atoms with Crippen LogP contribution in [0.1, 0.15) is 20.3 Å². The van der Waals surface area contributed by atoms with Gasteiger partial charge in [-0.3, -0.25) is 0 Å². The third kappa shape index (κ3) is 2.79. The highest BCUT2D eigenvalue weighted by atomic mass is 35.5. The standard InChI is InChI=1S/C12H16ClN5/c1-8(2)5-6-18-12(15-16-17-18)10-4-3-9(14)7-11(10)13/h3-4,7-8H,5-6,14H2,1-2H3. The van der Waals surface area contributed by atoms with Crippen LogP contribution in [0.25, 0.3) is 11.4 Å². The molecule has 0 radical (unpaired) electrons. The lowest BCUT2D eigenvalue weighted by Gasteiger charge is -2.08. The second-order valence-electron chi connectivity index (χ2n) is 4.65. The van der Waals surface area contributed by atoms with E-state index in [-0.39, 0.29) is 0 Å². The minimum absolute atomic E-state index is 0.565. The summed E-state index contributed by atoms with van der Waals surface area (Å²) >= 11 is 6.17. The Labute approximate surface area is 111 Å². The number of nitrogen functional groups attached to an aromatic ring is 1. The van der Waals surface area contributed by atoms with Crippen LogP contribution in [0.5, 0.6) is 0 Å². The number of anilines is 1. The van der Waals surface area contributed by atoms with Crippen LogP contribution in [-0.4, -0.2) is 20.2 Å². The summed E-state index contributed by atoms with van der Waals surface area (Å²) in [4.78, 5) is 0. The average molecular weight is 266 g/mol. The van der Waals surface area contributed by atoms with E-state index < -0.39 is 0 Å². The van der Waals surface area contributed by atoms with Crippen molar-refractivity contribution >= 4 is 17.3 Å². The highest BCUT2D eigenvalue weighted by molar-refractivity contribution is 6.33. The summed E-state index contributed by atoms with van der Waals surface area (Å²) in [5.74, 6) is 1.28. The Kier molecular flexibility index (Phi) is 3.81. The minimum Gasteiger partial charge on any atom is -0.399 e. The van der Waals surface area contributed by atoms with Crippen LogP contribution < -0.4 is 5.73 Å². The van der Waals surface area contributed by atoms with Crippen molar-refractivity contribution in [2.24, 2.45) is 5.92 Å². The number of rotatable bonds is 4. The molecule has 0 unspecified atom stereocenters. The van der Waals surface area contributed by atoms with Gasteiger partial charge in [0.15, 0.2) is 5.82 Å². The number of aryl methyl sites for hydroxylation is 1. The van der Waals surface area contributed by atoms with Crippen LogP contribution in [0, 0.1) is 5.92 Å². The largest absolute Gasteiger partial charge is 0.399 e. The molecule has 0 saturated carbocycles. The van der Waals surface area contributed by atoms with E-state index in [4.69, 9.17) is 17.3 Å². The van der Waals surface area contributed by atoms with Gasteiger partial charge in [0.1, 0.15) is 0 Å². The molecule has 2 rings (SSSR count). The lowest BCUT2D eigenvalue weighted by Crippen LogP contribution is -2.05. The highest BCUT2D eigenvalue weighted by Gasteiger charge is 2.12. The van der Waals surface area contributed by atoms with Crippen molar-refractivity contribution < 1.29 is 0 Å². The predicted molar refractivity (Wildman–Crippen MR) is 72.1 cm³/mol. The highest BCUT2D eigenvalue weighted by Crippen LogP contribution is 2.27. The van der Waals surface area contributed by atoms with Crippen LogP contribution in [0.3, 0.4) is 0 Å². The van der Waals surface area contributed by atoms with Crippen molar-refractivity contribution in [1.29, 1.82) is 0 Å². The zero-order chi connectivity index (χ0) is 13.1. The molecule has 0 bridgehead atoms. The van der Waals surface area contributed by atoms with Gasteiger partial charge in [-0.15, -0.1) is 5.10 Å². The molecule has 18 heavy (non-hydrogen) atoms. The number of hydrogen-bond acceptors (Lipinski definition) is 4. The fourth-order valence-electron chi connectivity index (χ4n) is 1.64. The number of aromatic nitrogens is 4. The van der Waals surface area contributed by atoms with Crippen LogP contribution in [0.4, 0.5) is 5.69 Å². The van der Waals surface area contributed by atoms with Crippen LogP contribution >= 0.6 is 11.6 Å². The molecule has 0 atom stereocenters. The van der Waals surface area contributed by atoms with E-state index >= 15 is 0 Å². The zero-order valence-electron chi connectivity index (χ0n) is 10.5. The molecule has 0 saturated heterocycles. The van der Waals surface area contributed by atoms with Crippen molar-refractivity contribution in [3.05, 3.63) is 23.2 Å². The summed E-state index contributed by atoms with van der Waals surface area (Å²) in [5, 5.41) is 12.3. The van der Waals surface area contributed by atoms with E-state index in [2.05, 4.69) is 29.4 Å². The van der Waals surface area contributed by atoms with Crippen molar-refractivity contribution in [3.63, 3.8) is 0 Å². The Morgan fingerprint density at radius 3 is 2.83 bits per heavy atom. The van der Waals surface area contributed by atoms with Gasteiger partial charge in [-0.1, -0.05) is 25.4 Å². The van der Waals surface area contributed by atoms with Gasteiger partial charge in [0.2, 0.25) is 0 Å². The first kappa shape index (κ1) is 12.8. The molecule has 6 heteroatoms. The van der Waals surface area contributed by atoms with Crippen molar-refractivity contribution in [1.82, 2.24) is 20.2 Å². The second-order valence-corrected chi connectivity index (χ2v) is 5.05. The molecule has 2 aromatic rings. The first-order chi connectivity index (χ1) is 8.58. The minimum atomic E-state index is 0.565. The summed E-state index contributed by atoms with van der Waals surface area (Å²) in [5.41, 5.74) is 7.11. The van der Waals surface area contributed by atoms with Gasteiger partial charge in [-0.25, -0.2) is 4.68 Å². The maximum atomic E-state index is 6.17.